The number of carbonyl (C=O) groups is 1. The summed E-state index contributed by atoms with van der Waals surface area (Å²) in [5, 5.41) is -0.483. The van der Waals surface area contributed by atoms with Crippen LogP contribution >= 0.6 is 0 Å². The number of pyridine rings is 1. The van der Waals surface area contributed by atoms with Crippen molar-refractivity contribution in [1.82, 2.24) is 4.57 Å². The first-order valence-corrected chi connectivity index (χ1v) is 8.27. The van der Waals surface area contributed by atoms with E-state index in [-0.39, 0.29) is 24.2 Å². The number of carbonyl (C=O) groups excluding carboxylic acids is 1. The average Bonchev–Trinajstić information content (AvgIpc) is 2.66. The number of halogens is 2. The van der Waals surface area contributed by atoms with Crippen LogP contribution < -0.4 is 10.2 Å². The Morgan fingerprint density at radius 3 is 2.59 bits per heavy atom. The van der Waals surface area contributed by atoms with Gasteiger partial charge in [0.25, 0.3) is 0 Å². The van der Waals surface area contributed by atoms with Crippen molar-refractivity contribution in [3.8, 4) is 5.75 Å². The van der Waals surface area contributed by atoms with Crippen LogP contribution in [0.4, 0.5) is 8.78 Å². The number of hydrogen-bond donors (Lipinski definition) is 0. The Balaban J connectivity index is 2.26. The van der Waals surface area contributed by atoms with Crippen LogP contribution in [-0.2, 0) is 11.3 Å². The minimum absolute atomic E-state index is 0.0534. The summed E-state index contributed by atoms with van der Waals surface area (Å²) in [6.07, 6.45) is 1.20. The standard InChI is InChI=1S/C20H17F2NO4/c1-3-27-20(25)14-11-23(10-12-5-4-6-13(9-12)26-2)18-16(22)8-7-15(21)17(18)19(14)24/h4-9,11H,3,10H2,1-2H3. The zero-order chi connectivity index (χ0) is 19.6. The highest BCUT2D eigenvalue weighted by molar-refractivity contribution is 5.94. The summed E-state index contributed by atoms with van der Waals surface area (Å²) >= 11 is 0. The van der Waals surface area contributed by atoms with Gasteiger partial charge in [0, 0.05) is 12.7 Å². The fraction of sp³-hybridized carbons (Fsp3) is 0.200. The lowest BCUT2D eigenvalue weighted by atomic mass is 10.1. The van der Waals surface area contributed by atoms with E-state index < -0.39 is 28.4 Å². The molecule has 0 N–H and O–H groups in total. The van der Waals surface area contributed by atoms with Gasteiger partial charge >= 0.3 is 5.97 Å². The number of rotatable bonds is 5. The van der Waals surface area contributed by atoms with Gasteiger partial charge in [-0.1, -0.05) is 12.1 Å². The molecule has 3 rings (SSSR count). The first kappa shape index (κ1) is 18.6. The van der Waals surface area contributed by atoms with Crippen LogP contribution in [0, 0.1) is 11.6 Å². The van der Waals surface area contributed by atoms with Crippen LogP contribution in [0.5, 0.6) is 5.75 Å². The molecule has 0 radical (unpaired) electrons. The van der Waals surface area contributed by atoms with Gasteiger partial charge in [0.05, 0.1) is 24.6 Å². The number of methoxy groups -OCH3 is 1. The van der Waals surface area contributed by atoms with Crippen molar-refractivity contribution in [1.29, 1.82) is 0 Å². The fourth-order valence-electron chi connectivity index (χ4n) is 2.90. The van der Waals surface area contributed by atoms with Crippen molar-refractivity contribution >= 4 is 16.9 Å². The van der Waals surface area contributed by atoms with Crippen molar-refractivity contribution in [3.63, 3.8) is 0 Å². The number of fused-ring (bicyclic) bond motifs is 1. The zero-order valence-electron chi connectivity index (χ0n) is 14.8. The van der Waals surface area contributed by atoms with E-state index in [1.807, 2.05) is 0 Å². The molecule has 2 aromatic carbocycles. The molecule has 3 aromatic rings. The molecular formula is C20H17F2NO4. The Bertz CT molecular complexity index is 1080. The van der Waals surface area contributed by atoms with Crippen molar-refractivity contribution in [3.05, 3.63) is 75.6 Å². The van der Waals surface area contributed by atoms with Crippen molar-refractivity contribution < 1.29 is 23.0 Å². The normalized spacial score (nSPS) is 10.8. The highest BCUT2D eigenvalue weighted by Crippen LogP contribution is 2.22. The Kier molecular flexibility index (Phi) is 5.21. The summed E-state index contributed by atoms with van der Waals surface area (Å²) in [6, 6.07) is 8.81. The quantitative estimate of drug-likeness (QED) is 0.642. The van der Waals surface area contributed by atoms with E-state index in [9.17, 15) is 18.4 Å². The van der Waals surface area contributed by atoms with Crippen LogP contribution in [0.2, 0.25) is 0 Å². The summed E-state index contributed by atoms with van der Waals surface area (Å²) in [5.74, 6) is -1.95. The lowest BCUT2D eigenvalue weighted by Gasteiger charge is -2.15. The lowest BCUT2D eigenvalue weighted by Crippen LogP contribution is -2.22. The second-order valence-electron chi connectivity index (χ2n) is 5.82. The molecule has 27 heavy (non-hydrogen) atoms. The van der Waals surface area contributed by atoms with E-state index in [0.29, 0.717) is 5.75 Å². The van der Waals surface area contributed by atoms with Crippen LogP contribution in [0.1, 0.15) is 22.8 Å². The summed E-state index contributed by atoms with van der Waals surface area (Å²) in [7, 11) is 1.52. The molecule has 0 saturated heterocycles. The number of ether oxygens (including phenoxy) is 2. The van der Waals surface area contributed by atoms with Crippen molar-refractivity contribution in [2.24, 2.45) is 0 Å². The molecule has 0 unspecified atom stereocenters. The van der Waals surface area contributed by atoms with Crippen molar-refractivity contribution in [2.45, 2.75) is 13.5 Å². The summed E-state index contributed by atoms with van der Waals surface area (Å²) in [5.41, 5.74) is -0.743. The van der Waals surface area contributed by atoms with E-state index in [1.54, 1.807) is 31.2 Å². The fourth-order valence-corrected chi connectivity index (χ4v) is 2.90. The molecule has 0 amide bonds. The third-order valence-corrected chi connectivity index (χ3v) is 4.10. The van der Waals surface area contributed by atoms with E-state index in [2.05, 4.69) is 0 Å². The average molecular weight is 373 g/mol. The molecule has 140 valence electrons. The Hall–Kier alpha value is -3.22. The van der Waals surface area contributed by atoms with Crippen LogP contribution in [0.25, 0.3) is 10.9 Å². The van der Waals surface area contributed by atoms with Gasteiger partial charge in [0.1, 0.15) is 22.9 Å². The van der Waals surface area contributed by atoms with Crippen LogP contribution in [0.3, 0.4) is 0 Å². The van der Waals surface area contributed by atoms with Crippen molar-refractivity contribution in [2.75, 3.05) is 13.7 Å². The minimum atomic E-state index is -0.901. The van der Waals surface area contributed by atoms with Gasteiger partial charge < -0.3 is 14.0 Å². The number of esters is 1. The SMILES string of the molecule is CCOC(=O)c1cn(Cc2cccc(OC)c2)c2c(F)ccc(F)c2c1=O. The summed E-state index contributed by atoms with van der Waals surface area (Å²) in [6.45, 7) is 1.74. The Morgan fingerprint density at radius 1 is 1.15 bits per heavy atom. The third kappa shape index (κ3) is 3.53. The predicted molar refractivity (Wildman–Crippen MR) is 96.2 cm³/mol. The van der Waals surface area contributed by atoms with Gasteiger partial charge in [-0.25, -0.2) is 13.6 Å². The molecule has 0 fully saturated rings. The Morgan fingerprint density at radius 2 is 1.89 bits per heavy atom. The molecule has 0 bridgehead atoms. The number of benzene rings is 2. The molecule has 5 nitrogen and oxygen atoms in total. The van der Waals surface area contributed by atoms with E-state index in [4.69, 9.17) is 9.47 Å². The third-order valence-electron chi connectivity index (χ3n) is 4.10. The maximum Gasteiger partial charge on any atom is 0.343 e. The molecule has 0 aliphatic rings. The molecule has 0 atom stereocenters. The van der Waals surface area contributed by atoms with Gasteiger partial charge in [-0.15, -0.1) is 0 Å². The van der Waals surface area contributed by atoms with Crippen LogP contribution in [0.15, 0.2) is 47.4 Å². The molecule has 0 aliphatic heterocycles. The first-order chi connectivity index (χ1) is 13.0. The summed E-state index contributed by atoms with van der Waals surface area (Å²) in [4.78, 5) is 24.7. The maximum atomic E-state index is 14.5. The van der Waals surface area contributed by atoms with Gasteiger partial charge in [0.15, 0.2) is 0 Å². The molecular weight excluding hydrogens is 356 g/mol. The number of nitrogens with zero attached hydrogens (tertiary/aromatic N) is 1. The predicted octanol–water partition coefficient (Wildman–Crippen LogP) is 3.51. The van der Waals surface area contributed by atoms with Gasteiger partial charge in [-0.3, -0.25) is 4.79 Å². The molecule has 1 aromatic heterocycles. The first-order valence-electron chi connectivity index (χ1n) is 8.27. The highest BCUT2D eigenvalue weighted by Gasteiger charge is 2.21. The van der Waals surface area contributed by atoms with E-state index in [1.165, 1.54) is 17.9 Å². The minimum Gasteiger partial charge on any atom is -0.497 e. The molecule has 0 aliphatic carbocycles. The second-order valence-corrected chi connectivity index (χ2v) is 5.82. The summed E-state index contributed by atoms with van der Waals surface area (Å²) < 4.78 is 40.2. The zero-order valence-corrected chi connectivity index (χ0v) is 14.8. The van der Waals surface area contributed by atoms with E-state index >= 15 is 0 Å². The molecule has 1 heterocycles. The number of aromatic nitrogens is 1. The monoisotopic (exact) mass is 373 g/mol. The second kappa shape index (κ2) is 7.57. The van der Waals surface area contributed by atoms with Gasteiger partial charge in [-0.2, -0.15) is 0 Å². The topological polar surface area (TPSA) is 57.5 Å². The maximum absolute atomic E-state index is 14.5. The lowest BCUT2D eigenvalue weighted by molar-refractivity contribution is 0.0524. The molecule has 0 spiro atoms. The van der Waals surface area contributed by atoms with E-state index in [0.717, 1.165) is 17.7 Å². The number of hydrogen-bond acceptors (Lipinski definition) is 4. The molecule has 0 saturated carbocycles. The molecule has 7 heteroatoms. The van der Waals surface area contributed by atoms with Crippen LogP contribution in [-0.4, -0.2) is 24.3 Å². The smallest absolute Gasteiger partial charge is 0.343 e. The largest absolute Gasteiger partial charge is 0.497 e. The highest BCUT2D eigenvalue weighted by atomic mass is 19.1. The van der Waals surface area contributed by atoms with Gasteiger partial charge in [0.2, 0.25) is 5.43 Å². The van der Waals surface area contributed by atoms with Gasteiger partial charge in [-0.05, 0) is 36.8 Å². The Labute approximate surface area is 153 Å².